The normalized spacial score (nSPS) is 19.1. The molecule has 0 aliphatic carbocycles. The maximum atomic E-state index is 12.9. The lowest BCUT2D eigenvalue weighted by atomic mass is 10.0. The summed E-state index contributed by atoms with van der Waals surface area (Å²) in [6.07, 6.45) is 5.55. The van der Waals surface area contributed by atoms with E-state index in [1.54, 1.807) is 0 Å². The van der Waals surface area contributed by atoms with Gasteiger partial charge >= 0.3 is 0 Å². The van der Waals surface area contributed by atoms with Crippen molar-refractivity contribution in [3.63, 3.8) is 0 Å². The number of carbonyl (C=O) groups excluding carboxylic acids is 1. The molecule has 0 unspecified atom stereocenters. The van der Waals surface area contributed by atoms with Crippen LogP contribution in [0.25, 0.3) is 0 Å². The highest BCUT2D eigenvalue weighted by atomic mass is 16.5. The summed E-state index contributed by atoms with van der Waals surface area (Å²) in [5.74, 6) is 0.976. The van der Waals surface area contributed by atoms with E-state index in [9.17, 15) is 4.79 Å². The number of rotatable bonds is 7. The van der Waals surface area contributed by atoms with Gasteiger partial charge in [0.1, 0.15) is 11.9 Å². The summed E-state index contributed by atoms with van der Waals surface area (Å²) in [6.45, 7) is 5.38. The maximum Gasteiger partial charge on any atom is 0.253 e. The van der Waals surface area contributed by atoms with Gasteiger partial charge in [0.05, 0.1) is 0 Å². The molecule has 2 aliphatic heterocycles. The van der Waals surface area contributed by atoms with E-state index in [1.807, 2.05) is 36.2 Å². The van der Waals surface area contributed by atoms with Gasteiger partial charge in [-0.05, 0) is 82.1 Å². The van der Waals surface area contributed by atoms with Gasteiger partial charge in [0, 0.05) is 38.3 Å². The van der Waals surface area contributed by atoms with Crippen LogP contribution in [0.15, 0.2) is 54.6 Å². The summed E-state index contributed by atoms with van der Waals surface area (Å²) in [5.41, 5.74) is 2.15. The average Bonchev–Trinajstić information content (AvgIpc) is 2.84. The summed E-state index contributed by atoms with van der Waals surface area (Å²) in [5, 5.41) is 0. The van der Waals surface area contributed by atoms with Crippen molar-refractivity contribution >= 4 is 5.91 Å². The van der Waals surface area contributed by atoms with Crippen molar-refractivity contribution in [2.75, 3.05) is 46.8 Å². The molecule has 1 amide bonds. The van der Waals surface area contributed by atoms with Crippen molar-refractivity contribution in [2.45, 2.75) is 44.2 Å². The lowest BCUT2D eigenvalue weighted by Gasteiger charge is -2.35. The van der Waals surface area contributed by atoms with E-state index in [-0.39, 0.29) is 12.0 Å². The first kappa shape index (κ1) is 22.8. The fourth-order valence-electron chi connectivity index (χ4n) is 4.80. The lowest BCUT2D eigenvalue weighted by Crippen LogP contribution is -2.44. The Kier molecular flexibility index (Phi) is 7.82. The van der Waals surface area contributed by atoms with Gasteiger partial charge in [0.25, 0.3) is 5.91 Å². The molecule has 0 radical (unpaired) electrons. The molecule has 2 heterocycles. The van der Waals surface area contributed by atoms with Gasteiger partial charge in [-0.1, -0.05) is 30.3 Å². The van der Waals surface area contributed by atoms with Gasteiger partial charge in [0.2, 0.25) is 0 Å². The number of ether oxygens (including phenoxy) is 1. The monoisotopic (exact) mass is 435 g/mol. The average molecular weight is 436 g/mol. The summed E-state index contributed by atoms with van der Waals surface area (Å²) in [7, 11) is 4.08. The Labute approximate surface area is 193 Å². The number of nitrogens with zero attached hydrogens (tertiary/aromatic N) is 3. The molecule has 0 aromatic heterocycles. The lowest BCUT2D eigenvalue weighted by molar-refractivity contribution is 0.0659. The SMILES string of the molecule is CN1CCC(N(C)C(=O)c2ccc(OC3CCN(CCc4ccccc4)CC3)cc2)CC1. The number of amides is 1. The first-order chi connectivity index (χ1) is 15.6. The number of benzene rings is 2. The molecule has 0 N–H and O–H groups in total. The molecule has 0 saturated carbocycles. The number of likely N-dealkylation sites (tertiary alicyclic amines) is 2. The van der Waals surface area contributed by atoms with Crippen LogP contribution in [-0.2, 0) is 6.42 Å². The first-order valence-electron chi connectivity index (χ1n) is 12.1. The van der Waals surface area contributed by atoms with Gasteiger partial charge < -0.3 is 19.4 Å². The third kappa shape index (κ3) is 6.11. The Morgan fingerprint density at radius 2 is 1.59 bits per heavy atom. The van der Waals surface area contributed by atoms with E-state index in [1.165, 1.54) is 5.56 Å². The van der Waals surface area contributed by atoms with Gasteiger partial charge in [-0.2, -0.15) is 0 Å². The van der Waals surface area contributed by atoms with Gasteiger partial charge in [-0.3, -0.25) is 4.79 Å². The fraction of sp³-hybridized carbons (Fsp3) is 0.519. The largest absolute Gasteiger partial charge is 0.490 e. The second-order valence-corrected chi connectivity index (χ2v) is 9.37. The molecule has 0 bridgehead atoms. The Bertz CT molecular complexity index is 839. The Morgan fingerprint density at radius 1 is 0.938 bits per heavy atom. The predicted octanol–water partition coefficient (Wildman–Crippen LogP) is 3.94. The Hall–Kier alpha value is -2.37. The third-order valence-corrected chi connectivity index (χ3v) is 7.05. The maximum absolute atomic E-state index is 12.9. The fourth-order valence-corrected chi connectivity index (χ4v) is 4.80. The van der Waals surface area contributed by atoms with E-state index in [4.69, 9.17) is 4.74 Å². The molecule has 2 fully saturated rings. The standard InChI is InChI=1S/C27H37N3O2/c1-28-17-13-24(14-18-28)29(2)27(31)23-8-10-25(11-9-23)32-26-15-20-30(21-16-26)19-12-22-6-4-3-5-7-22/h3-11,24,26H,12-21H2,1-2H3. The molecule has 2 saturated heterocycles. The number of hydrogen-bond donors (Lipinski definition) is 0. The molecular formula is C27H37N3O2. The summed E-state index contributed by atoms with van der Waals surface area (Å²) >= 11 is 0. The minimum Gasteiger partial charge on any atom is -0.490 e. The Balaban J connectivity index is 1.21. The molecule has 5 heteroatoms. The van der Waals surface area contributed by atoms with Gasteiger partial charge in [0.15, 0.2) is 0 Å². The van der Waals surface area contributed by atoms with Gasteiger partial charge in [-0.25, -0.2) is 0 Å². The van der Waals surface area contributed by atoms with Crippen LogP contribution in [0.4, 0.5) is 0 Å². The smallest absolute Gasteiger partial charge is 0.253 e. The third-order valence-electron chi connectivity index (χ3n) is 7.05. The van der Waals surface area contributed by atoms with Crippen molar-refractivity contribution in [1.82, 2.24) is 14.7 Å². The van der Waals surface area contributed by atoms with Crippen LogP contribution < -0.4 is 4.74 Å². The van der Waals surface area contributed by atoms with Crippen LogP contribution in [0, 0.1) is 0 Å². The molecule has 0 atom stereocenters. The zero-order valence-corrected chi connectivity index (χ0v) is 19.6. The minimum atomic E-state index is 0.109. The van der Waals surface area contributed by atoms with Crippen LogP contribution in [0.1, 0.15) is 41.6 Å². The zero-order chi connectivity index (χ0) is 22.3. The number of carbonyl (C=O) groups is 1. The first-order valence-corrected chi connectivity index (χ1v) is 12.1. The number of piperidine rings is 2. The molecule has 4 rings (SSSR count). The second-order valence-electron chi connectivity index (χ2n) is 9.37. The molecule has 2 aliphatic rings. The second kappa shape index (κ2) is 11.0. The summed E-state index contributed by atoms with van der Waals surface area (Å²) in [6, 6.07) is 18.8. The van der Waals surface area contributed by atoms with Gasteiger partial charge in [-0.15, -0.1) is 0 Å². The van der Waals surface area contributed by atoms with E-state index < -0.39 is 0 Å². The van der Waals surface area contributed by atoms with Crippen molar-refractivity contribution in [3.8, 4) is 5.75 Å². The molecule has 2 aromatic rings. The van der Waals surface area contributed by atoms with Crippen molar-refractivity contribution in [3.05, 3.63) is 65.7 Å². The minimum absolute atomic E-state index is 0.109. The molecular weight excluding hydrogens is 398 g/mol. The van der Waals surface area contributed by atoms with Crippen LogP contribution >= 0.6 is 0 Å². The molecule has 32 heavy (non-hydrogen) atoms. The van der Waals surface area contributed by atoms with E-state index >= 15 is 0 Å². The van der Waals surface area contributed by atoms with E-state index in [2.05, 4.69) is 47.2 Å². The molecule has 5 nitrogen and oxygen atoms in total. The van der Waals surface area contributed by atoms with Crippen LogP contribution in [0.2, 0.25) is 0 Å². The highest BCUT2D eigenvalue weighted by Gasteiger charge is 2.25. The zero-order valence-electron chi connectivity index (χ0n) is 19.6. The van der Waals surface area contributed by atoms with E-state index in [0.29, 0.717) is 6.04 Å². The van der Waals surface area contributed by atoms with Crippen LogP contribution in [0.5, 0.6) is 5.75 Å². The highest BCUT2D eigenvalue weighted by molar-refractivity contribution is 5.94. The van der Waals surface area contributed by atoms with Crippen LogP contribution in [-0.4, -0.2) is 79.6 Å². The molecule has 2 aromatic carbocycles. The van der Waals surface area contributed by atoms with Crippen LogP contribution in [0.3, 0.4) is 0 Å². The summed E-state index contributed by atoms with van der Waals surface area (Å²) < 4.78 is 6.23. The topological polar surface area (TPSA) is 36.0 Å². The predicted molar refractivity (Wildman–Crippen MR) is 129 cm³/mol. The molecule has 0 spiro atoms. The van der Waals surface area contributed by atoms with Crippen molar-refractivity contribution < 1.29 is 9.53 Å². The van der Waals surface area contributed by atoms with E-state index in [0.717, 1.165) is 76.1 Å². The van der Waals surface area contributed by atoms with Crippen molar-refractivity contribution in [2.24, 2.45) is 0 Å². The quantitative estimate of drug-likeness (QED) is 0.660. The number of hydrogen-bond acceptors (Lipinski definition) is 4. The van der Waals surface area contributed by atoms with Crippen molar-refractivity contribution in [1.29, 1.82) is 0 Å². The Morgan fingerprint density at radius 3 is 2.25 bits per heavy atom. The summed E-state index contributed by atoms with van der Waals surface area (Å²) in [4.78, 5) is 19.7. The highest BCUT2D eigenvalue weighted by Crippen LogP contribution is 2.22. The molecule has 172 valence electrons.